The minimum atomic E-state index is -0.264. The maximum Gasteiger partial charge on any atom is 0.251 e. The minimum Gasteiger partial charge on any atom is -0.495 e. The van der Waals surface area contributed by atoms with Gasteiger partial charge in [-0.05, 0) is 30.7 Å². The van der Waals surface area contributed by atoms with E-state index in [0.717, 1.165) is 10.9 Å². The predicted octanol–water partition coefficient (Wildman–Crippen LogP) is 2.96. The molecule has 0 radical (unpaired) electrons. The van der Waals surface area contributed by atoms with E-state index in [9.17, 15) is 9.59 Å². The van der Waals surface area contributed by atoms with Crippen molar-refractivity contribution in [2.24, 2.45) is 0 Å². The molecule has 1 amide bonds. The van der Waals surface area contributed by atoms with Crippen LogP contribution in [0.4, 0.5) is 5.69 Å². The molecule has 3 rings (SSSR count). The molecule has 5 heteroatoms. The molecule has 122 valence electrons. The fourth-order valence-electron chi connectivity index (χ4n) is 2.76. The van der Waals surface area contributed by atoms with Gasteiger partial charge in [0, 0.05) is 17.1 Å². The lowest BCUT2D eigenvalue weighted by Gasteiger charge is -2.15. The second-order valence-corrected chi connectivity index (χ2v) is 5.52. The van der Waals surface area contributed by atoms with Crippen molar-refractivity contribution in [3.05, 3.63) is 70.5 Å². The summed E-state index contributed by atoms with van der Waals surface area (Å²) in [6.07, 6.45) is 0. The summed E-state index contributed by atoms with van der Waals surface area (Å²) in [4.78, 5) is 24.8. The maximum absolute atomic E-state index is 12.4. The molecule has 0 fully saturated rings. The largest absolute Gasteiger partial charge is 0.495 e. The number of para-hydroxylation sites is 2. The van der Waals surface area contributed by atoms with Gasteiger partial charge in [-0.1, -0.05) is 30.3 Å². The van der Waals surface area contributed by atoms with Crippen molar-refractivity contribution in [3.63, 3.8) is 0 Å². The number of aromatic nitrogens is 1. The number of hydrogen-bond donors (Lipinski definition) is 1. The fourth-order valence-corrected chi connectivity index (χ4v) is 2.76. The van der Waals surface area contributed by atoms with Gasteiger partial charge >= 0.3 is 0 Å². The quantitative estimate of drug-likeness (QED) is 0.803. The van der Waals surface area contributed by atoms with Gasteiger partial charge in [-0.15, -0.1) is 0 Å². The Balaban J connectivity index is 2.03. The first-order valence-electron chi connectivity index (χ1n) is 7.62. The van der Waals surface area contributed by atoms with Crippen LogP contribution in [0.5, 0.6) is 5.75 Å². The van der Waals surface area contributed by atoms with Crippen LogP contribution in [0.15, 0.2) is 59.4 Å². The van der Waals surface area contributed by atoms with E-state index in [1.807, 2.05) is 37.3 Å². The summed E-state index contributed by atoms with van der Waals surface area (Å²) in [7, 11) is 1.55. The van der Waals surface area contributed by atoms with Gasteiger partial charge in [-0.3, -0.25) is 14.2 Å². The van der Waals surface area contributed by atoms with E-state index in [0.29, 0.717) is 17.0 Å². The Kier molecular flexibility index (Phi) is 4.33. The number of nitrogens with one attached hydrogen (secondary N) is 1. The predicted molar refractivity (Wildman–Crippen MR) is 94.6 cm³/mol. The Morgan fingerprint density at radius 2 is 1.88 bits per heavy atom. The number of rotatable bonds is 4. The standard InChI is InChI=1S/C19H18N2O3/c1-13-11-18(23)21(19-15(13)9-6-10-16(19)24-2)12-17(22)20-14-7-4-3-5-8-14/h3-11H,12H2,1-2H3,(H,20,22). The van der Waals surface area contributed by atoms with Crippen molar-refractivity contribution in [1.29, 1.82) is 0 Å². The number of nitrogens with zero attached hydrogens (tertiary/aromatic N) is 1. The highest BCUT2D eigenvalue weighted by Crippen LogP contribution is 2.26. The number of ether oxygens (including phenoxy) is 1. The van der Waals surface area contributed by atoms with Crippen LogP contribution >= 0.6 is 0 Å². The highest BCUT2D eigenvalue weighted by molar-refractivity contribution is 5.93. The highest BCUT2D eigenvalue weighted by atomic mass is 16.5. The number of benzene rings is 2. The Morgan fingerprint density at radius 3 is 2.58 bits per heavy atom. The van der Waals surface area contributed by atoms with Crippen molar-refractivity contribution in [3.8, 4) is 5.75 Å². The van der Waals surface area contributed by atoms with Gasteiger partial charge in [0.2, 0.25) is 5.91 Å². The zero-order valence-electron chi connectivity index (χ0n) is 13.6. The summed E-state index contributed by atoms with van der Waals surface area (Å²) >= 11 is 0. The molecule has 1 heterocycles. The van der Waals surface area contributed by atoms with Crippen molar-refractivity contribution in [2.75, 3.05) is 12.4 Å². The number of pyridine rings is 1. The molecule has 0 unspecified atom stereocenters. The third-order valence-corrected chi connectivity index (χ3v) is 3.88. The number of aryl methyl sites for hydroxylation is 1. The topological polar surface area (TPSA) is 60.3 Å². The molecule has 0 bridgehead atoms. The van der Waals surface area contributed by atoms with Gasteiger partial charge in [0.25, 0.3) is 5.56 Å². The van der Waals surface area contributed by atoms with Crippen LogP contribution in [0.1, 0.15) is 5.56 Å². The third kappa shape index (κ3) is 3.01. The molecule has 1 N–H and O–H groups in total. The van der Waals surface area contributed by atoms with Gasteiger partial charge < -0.3 is 10.1 Å². The molecule has 0 spiro atoms. The summed E-state index contributed by atoms with van der Waals surface area (Å²) < 4.78 is 6.83. The Morgan fingerprint density at radius 1 is 1.12 bits per heavy atom. The fraction of sp³-hybridized carbons (Fsp3) is 0.158. The first-order valence-corrected chi connectivity index (χ1v) is 7.62. The van der Waals surface area contributed by atoms with Crippen LogP contribution in [0.3, 0.4) is 0 Å². The number of carbonyl (C=O) groups is 1. The van der Waals surface area contributed by atoms with Crippen LogP contribution in [-0.2, 0) is 11.3 Å². The Labute approximate surface area is 139 Å². The maximum atomic E-state index is 12.4. The van der Waals surface area contributed by atoms with E-state index in [4.69, 9.17) is 4.74 Å². The van der Waals surface area contributed by atoms with Crippen molar-refractivity contribution in [1.82, 2.24) is 4.57 Å². The monoisotopic (exact) mass is 322 g/mol. The van der Waals surface area contributed by atoms with E-state index in [2.05, 4.69) is 5.32 Å². The zero-order chi connectivity index (χ0) is 17.1. The van der Waals surface area contributed by atoms with Crippen LogP contribution < -0.4 is 15.6 Å². The molecule has 0 aliphatic rings. The van der Waals surface area contributed by atoms with E-state index in [-0.39, 0.29) is 18.0 Å². The minimum absolute atomic E-state index is 0.0785. The molecular weight excluding hydrogens is 304 g/mol. The molecule has 3 aromatic rings. The number of amides is 1. The van der Waals surface area contributed by atoms with Crippen molar-refractivity contribution >= 4 is 22.5 Å². The Hall–Kier alpha value is -3.08. The van der Waals surface area contributed by atoms with E-state index >= 15 is 0 Å². The number of hydrogen-bond acceptors (Lipinski definition) is 3. The molecule has 0 saturated carbocycles. The van der Waals surface area contributed by atoms with Crippen LogP contribution in [0.25, 0.3) is 10.9 Å². The van der Waals surface area contributed by atoms with Gasteiger partial charge in [-0.2, -0.15) is 0 Å². The molecule has 2 aromatic carbocycles. The molecule has 0 atom stereocenters. The van der Waals surface area contributed by atoms with Gasteiger partial charge in [0.05, 0.1) is 12.6 Å². The van der Waals surface area contributed by atoms with Gasteiger partial charge in [0.1, 0.15) is 12.3 Å². The molecule has 5 nitrogen and oxygen atoms in total. The number of anilines is 1. The average molecular weight is 322 g/mol. The lowest BCUT2D eigenvalue weighted by molar-refractivity contribution is -0.116. The van der Waals surface area contributed by atoms with E-state index in [1.165, 1.54) is 10.6 Å². The summed E-state index contributed by atoms with van der Waals surface area (Å²) in [6.45, 7) is 1.79. The zero-order valence-corrected chi connectivity index (χ0v) is 13.6. The van der Waals surface area contributed by atoms with Crippen molar-refractivity contribution < 1.29 is 9.53 Å². The summed E-state index contributed by atoms with van der Waals surface area (Å²) in [5.74, 6) is 0.306. The normalized spacial score (nSPS) is 10.6. The number of methoxy groups -OCH3 is 1. The van der Waals surface area contributed by atoms with Crippen LogP contribution in [-0.4, -0.2) is 17.6 Å². The third-order valence-electron chi connectivity index (χ3n) is 3.88. The number of fused-ring (bicyclic) bond motifs is 1. The van der Waals surface area contributed by atoms with Crippen molar-refractivity contribution in [2.45, 2.75) is 13.5 Å². The molecule has 24 heavy (non-hydrogen) atoms. The average Bonchev–Trinajstić information content (AvgIpc) is 2.59. The Bertz CT molecular complexity index is 946. The summed E-state index contributed by atoms with van der Waals surface area (Å²) in [5.41, 5.74) is 1.95. The lowest BCUT2D eigenvalue weighted by Crippen LogP contribution is -2.28. The van der Waals surface area contributed by atoms with Crippen LogP contribution in [0.2, 0.25) is 0 Å². The molecule has 0 aliphatic heterocycles. The molecule has 1 aromatic heterocycles. The highest BCUT2D eigenvalue weighted by Gasteiger charge is 2.14. The number of carbonyl (C=O) groups excluding carboxylic acids is 1. The lowest BCUT2D eigenvalue weighted by atomic mass is 10.1. The second-order valence-electron chi connectivity index (χ2n) is 5.52. The molecule has 0 saturated heterocycles. The SMILES string of the molecule is COc1cccc2c(C)cc(=O)n(CC(=O)Nc3ccccc3)c12. The van der Waals surface area contributed by atoms with E-state index < -0.39 is 0 Å². The first-order chi connectivity index (χ1) is 11.6. The smallest absolute Gasteiger partial charge is 0.251 e. The molecular formula is C19H18N2O3. The second kappa shape index (κ2) is 6.58. The van der Waals surface area contributed by atoms with Crippen LogP contribution in [0, 0.1) is 6.92 Å². The molecule has 0 aliphatic carbocycles. The van der Waals surface area contributed by atoms with E-state index in [1.54, 1.807) is 25.3 Å². The summed E-state index contributed by atoms with van der Waals surface area (Å²) in [6, 6.07) is 16.3. The van der Waals surface area contributed by atoms with Gasteiger partial charge in [-0.25, -0.2) is 0 Å². The van der Waals surface area contributed by atoms with Gasteiger partial charge in [0.15, 0.2) is 0 Å². The summed E-state index contributed by atoms with van der Waals surface area (Å²) in [5, 5.41) is 3.69. The first kappa shape index (κ1) is 15.8.